The highest BCUT2D eigenvalue weighted by Gasteiger charge is 2.48. The Hall–Kier alpha value is -1.26. The highest BCUT2D eigenvalue weighted by Crippen LogP contribution is 2.49. The molecule has 3 rings (SSSR count). The lowest BCUT2D eigenvalue weighted by Crippen LogP contribution is -2.52. The molecule has 1 spiro atoms. The molecule has 2 aliphatic rings. The van der Waals surface area contributed by atoms with Gasteiger partial charge in [-0.2, -0.15) is 0 Å². The van der Waals surface area contributed by atoms with Gasteiger partial charge in [0, 0.05) is 18.5 Å². The van der Waals surface area contributed by atoms with Gasteiger partial charge in [0.1, 0.15) is 22.7 Å². The monoisotopic (exact) mass is 277 g/mol. The number of hydrogen-bond acceptors (Lipinski definition) is 4. The molecule has 110 valence electrons. The summed E-state index contributed by atoms with van der Waals surface area (Å²) in [7, 11) is 1.62. The summed E-state index contributed by atoms with van der Waals surface area (Å²) >= 11 is 0. The molecule has 1 aliphatic heterocycles. The molecule has 1 heterocycles. The third-order valence-electron chi connectivity index (χ3n) is 4.73. The number of rotatable bonds is 2. The van der Waals surface area contributed by atoms with Crippen LogP contribution in [0.3, 0.4) is 0 Å². The Labute approximate surface area is 119 Å². The first-order chi connectivity index (χ1) is 9.61. The second kappa shape index (κ2) is 4.93. The van der Waals surface area contributed by atoms with Gasteiger partial charge in [0.05, 0.1) is 7.11 Å². The number of nitrogens with two attached hydrogens (primary N) is 1. The first-order valence-electron chi connectivity index (χ1n) is 7.41. The fourth-order valence-corrected chi connectivity index (χ4v) is 3.64. The Morgan fingerprint density at radius 1 is 1.30 bits per heavy atom. The highest BCUT2D eigenvalue weighted by atomic mass is 16.5. The van der Waals surface area contributed by atoms with Crippen molar-refractivity contribution in [3.05, 3.63) is 23.8 Å². The maximum absolute atomic E-state index is 11.0. The van der Waals surface area contributed by atoms with Crippen molar-refractivity contribution >= 4 is 0 Å². The predicted molar refractivity (Wildman–Crippen MR) is 77.0 cm³/mol. The highest BCUT2D eigenvalue weighted by molar-refractivity contribution is 5.46. The average Bonchev–Trinajstić information content (AvgIpc) is 2.48. The molecule has 1 atom stereocenters. The Morgan fingerprint density at radius 2 is 2.05 bits per heavy atom. The lowest BCUT2D eigenvalue weighted by Gasteiger charge is -2.48. The van der Waals surface area contributed by atoms with E-state index in [0.717, 1.165) is 42.7 Å². The second-order valence-electron chi connectivity index (χ2n) is 6.12. The number of benzene rings is 1. The van der Waals surface area contributed by atoms with Crippen molar-refractivity contribution in [2.75, 3.05) is 13.7 Å². The molecule has 0 radical (unpaired) electrons. The summed E-state index contributed by atoms with van der Waals surface area (Å²) in [5, 5.41) is 11.0. The smallest absolute Gasteiger partial charge is 0.126 e. The molecule has 1 unspecified atom stereocenters. The van der Waals surface area contributed by atoms with E-state index < -0.39 is 5.60 Å². The van der Waals surface area contributed by atoms with Crippen molar-refractivity contribution in [3.63, 3.8) is 0 Å². The summed E-state index contributed by atoms with van der Waals surface area (Å²) in [6.45, 7) is 0.207. The first kappa shape index (κ1) is 13.7. The fourth-order valence-electron chi connectivity index (χ4n) is 3.64. The largest absolute Gasteiger partial charge is 0.497 e. The average molecular weight is 277 g/mol. The minimum atomic E-state index is -1.01. The first-order valence-corrected chi connectivity index (χ1v) is 7.41. The number of fused-ring (bicyclic) bond motifs is 1. The Bertz CT molecular complexity index is 496. The van der Waals surface area contributed by atoms with Crippen LogP contribution >= 0.6 is 0 Å². The van der Waals surface area contributed by atoms with Crippen LogP contribution in [0.1, 0.15) is 44.1 Å². The fraction of sp³-hybridized carbons (Fsp3) is 0.625. The van der Waals surface area contributed by atoms with Gasteiger partial charge in [0.15, 0.2) is 0 Å². The van der Waals surface area contributed by atoms with Crippen molar-refractivity contribution < 1.29 is 14.6 Å². The summed E-state index contributed by atoms with van der Waals surface area (Å²) in [6, 6.07) is 5.61. The van der Waals surface area contributed by atoms with Crippen molar-refractivity contribution in [1.29, 1.82) is 0 Å². The summed E-state index contributed by atoms with van der Waals surface area (Å²) in [4.78, 5) is 0. The summed E-state index contributed by atoms with van der Waals surface area (Å²) in [5.41, 5.74) is 5.39. The normalized spacial score (nSPS) is 27.8. The SMILES string of the molecule is COc1ccc2c(c1)C(O)(CN)CC1(CCCCC1)O2. The maximum Gasteiger partial charge on any atom is 0.126 e. The van der Waals surface area contributed by atoms with Gasteiger partial charge in [-0.1, -0.05) is 6.42 Å². The van der Waals surface area contributed by atoms with Crippen LogP contribution in [-0.4, -0.2) is 24.4 Å². The van der Waals surface area contributed by atoms with Gasteiger partial charge in [-0.15, -0.1) is 0 Å². The standard InChI is InChI=1S/C16H23NO3/c1-19-12-5-6-14-13(9-12)16(18,11-17)10-15(20-14)7-3-2-4-8-15/h5-6,9,18H,2-4,7-8,10-11,17H2,1H3. The molecular weight excluding hydrogens is 254 g/mol. The zero-order valence-corrected chi connectivity index (χ0v) is 12.0. The Morgan fingerprint density at radius 3 is 2.70 bits per heavy atom. The molecule has 1 fully saturated rings. The summed E-state index contributed by atoms with van der Waals surface area (Å²) in [6.07, 6.45) is 6.15. The molecule has 0 amide bonds. The van der Waals surface area contributed by atoms with Crippen LogP contribution < -0.4 is 15.2 Å². The molecular formula is C16H23NO3. The maximum atomic E-state index is 11.0. The van der Waals surface area contributed by atoms with Crippen LogP contribution in [0.4, 0.5) is 0 Å². The van der Waals surface area contributed by atoms with E-state index in [1.54, 1.807) is 7.11 Å². The molecule has 1 saturated carbocycles. The van der Waals surface area contributed by atoms with Crippen LogP contribution in [0, 0.1) is 0 Å². The van der Waals surface area contributed by atoms with Gasteiger partial charge < -0.3 is 20.3 Å². The molecule has 1 aromatic carbocycles. The van der Waals surface area contributed by atoms with E-state index in [1.165, 1.54) is 6.42 Å². The zero-order valence-electron chi connectivity index (χ0n) is 12.0. The molecule has 3 N–H and O–H groups in total. The molecule has 1 aliphatic carbocycles. The van der Waals surface area contributed by atoms with Crippen molar-refractivity contribution in [2.45, 2.75) is 49.7 Å². The van der Waals surface area contributed by atoms with Crippen LogP contribution in [-0.2, 0) is 5.60 Å². The minimum absolute atomic E-state index is 0.207. The van der Waals surface area contributed by atoms with E-state index in [9.17, 15) is 5.11 Å². The minimum Gasteiger partial charge on any atom is -0.497 e. The number of ether oxygens (including phenoxy) is 2. The second-order valence-corrected chi connectivity index (χ2v) is 6.12. The Balaban J connectivity index is 2.03. The van der Waals surface area contributed by atoms with E-state index in [2.05, 4.69) is 0 Å². The van der Waals surface area contributed by atoms with Gasteiger partial charge in [-0.3, -0.25) is 0 Å². The molecule has 1 aromatic rings. The molecule has 0 aromatic heterocycles. The molecule has 4 heteroatoms. The molecule has 20 heavy (non-hydrogen) atoms. The van der Waals surface area contributed by atoms with Gasteiger partial charge >= 0.3 is 0 Å². The molecule has 4 nitrogen and oxygen atoms in total. The number of aliphatic hydroxyl groups is 1. The third-order valence-corrected chi connectivity index (χ3v) is 4.73. The van der Waals surface area contributed by atoms with Crippen LogP contribution in [0.5, 0.6) is 11.5 Å². The van der Waals surface area contributed by atoms with Crippen molar-refractivity contribution in [3.8, 4) is 11.5 Å². The van der Waals surface area contributed by atoms with E-state index >= 15 is 0 Å². The van der Waals surface area contributed by atoms with Crippen molar-refractivity contribution in [1.82, 2.24) is 0 Å². The topological polar surface area (TPSA) is 64.7 Å². The van der Waals surface area contributed by atoms with E-state index in [-0.39, 0.29) is 12.1 Å². The van der Waals surface area contributed by atoms with Crippen LogP contribution in [0.15, 0.2) is 18.2 Å². The van der Waals surface area contributed by atoms with Crippen LogP contribution in [0.25, 0.3) is 0 Å². The van der Waals surface area contributed by atoms with Crippen molar-refractivity contribution in [2.24, 2.45) is 5.73 Å². The quantitative estimate of drug-likeness (QED) is 0.871. The Kier molecular flexibility index (Phi) is 3.38. The number of methoxy groups -OCH3 is 1. The summed E-state index contributed by atoms with van der Waals surface area (Å²) in [5.74, 6) is 1.48. The van der Waals surface area contributed by atoms with E-state index in [4.69, 9.17) is 15.2 Å². The van der Waals surface area contributed by atoms with E-state index in [1.807, 2.05) is 18.2 Å². The van der Waals surface area contributed by atoms with Gasteiger partial charge in [0.25, 0.3) is 0 Å². The lowest BCUT2D eigenvalue weighted by molar-refractivity contribution is -0.0895. The third kappa shape index (κ3) is 2.17. The van der Waals surface area contributed by atoms with Gasteiger partial charge in [-0.05, 0) is 43.9 Å². The van der Waals surface area contributed by atoms with Gasteiger partial charge in [0.2, 0.25) is 0 Å². The lowest BCUT2D eigenvalue weighted by atomic mass is 9.72. The van der Waals surface area contributed by atoms with Crippen LogP contribution in [0.2, 0.25) is 0 Å². The summed E-state index contributed by atoms with van der Waals surface area (Å²) < 4.78 is 11.5. The molecule has 0 saturated heterocycles. The van der Waals surface area contributed by atoms with E-state index in [0.29, 0.717) is 6.42 Å². The molecule has 0 bridgehead atoms. The zero-order chi connectivity index (χ0) is 14.2. The van der Waals surface area contributed by atoms with Gasteiger partial charge in [-0.25, -0.2) is 0 Å². The number of hydrogen-bond donors (Lipinski definition) is 2. The predicted octanol–water partition coefficient (Wildman–Crippen LogP) is 2.33.